The van der Waals surface area contributed by atoms with E-state index in [2.05, 4.69) is 68.7 Å². The molecule has 0 unspecified atom stereocenters. The molecule has 1 saturated heterocycles. The number of benzene rings is 1. The number of thiophene rings is 1. The quantitative estimate of drug-likeness (QED) is 0.556. The third kappa shape index (κ3) is 2.72. The number of nitrogens with zero attached hydrogens (tertiary/aromatic N) is 5. The van der Waals surface area contributed by atoms with Gasteiger partial charge in [0.15, 0.2) is 5.82 Å². The third-order valence-corrected chi connectivity index (χ3v) is 5.74. The molecule has 0 radical (unpaired) electrons. The van der Waals surface area contributed by atoms with E-state index in [9.17, 15) is 0 Å². The standard InChI is InChI=1S/C20H19N5S/c1-2-5-16(6-3-1)23-10-12-24(13-11-23)20-18-15-17(19-7-4-14-26-19)22-25(18)9-8-21-20/h1-9,14-15H,10-13H2. The highest BCUT2D eigenvalue weighted by atomic mass is 32.1. The zero-order valence-corrected chi connectivity index (χ0v) is 15.1. The van der Waals surface area contributed by atoms with Crippen LogP contribution in [0.3, 0.4) is 0 Å². The summed E-state index contributed by atoms with van der Waals surface area (Å²) in [7, 11) is 0. The molecule has 26 heavy (non-hydrogen) atoms. The Bertz CT molecular complexity index is 1000. The molecule has 130 valence electrons. The van der Waals surface area contributed by atoms with Gasteiger partial charge in [-0.1, -0.05) is 24.3 Å². The third-order valence-electron chi connectivity index (χ3n) is 4.84. The van der Waals surface area contributed by atoms with Gasteiger partial charge in [-0.05, 0) is 29.6 Å². The minimum atomic E-state index is 0.959. The molecule has 0 atom stereocenters. The summed E-state index contributed by atoms with van der Waals surface area (Å²) in [6.45, 7) is 3.92. The summed E-state index contributed by atoms with van der Waals surface area (Å²) in [6.07, 6.45) is 3.77. The van der Waals surface area contributed by atoms with Crippen LogP contribution in [-0.4, -0.2) is 40.8 Å². The number of hydrogen-bond donors (Lipinski definition) is 0. The Labute approximate surface area is 156 Å². The zero-order valence-electron chi connectivity index (χ0n) is 14.3. The van der Waals surface area contributed by atoms with Gasteiger partial charge in [0.2, 0.25) is 0 Å². The molecular formula is C20H19N5S. The van der Waals surface area contributed by atoms with Gasteiger partial charge in [-0.15, -0.1) is 11.3 Å². The summed E-state index contributed by atoms with van der Waals surface area (Å²) >= 11 is 1.71. The lowest BCUT2D eigenvalue weighted by molar-refractivity contribution is 0.647. The van der Waals surface area contributed by atoms with Crippen LogP contribution in [0.15, 0.2) is 66.3 Å². The van der Waals surface area contributed by atoms with Crippen molar-refractivity contribution in [2.24, 2.45) is 0 Å². The molecule has 1 aliphatic rings. The minimum absolute atomic E-state index is 0.959. The Morgan fingerprint density at radius 2 is 1.69 bits per heavy atom. The molecule has 0 amide bonds. The van der Waals surface area contributed by atoms with Crippen LogP contribution in [0, 0.1) is 0 Å². The predicted octanol–water partition coefficient (Wildman–Crippen LogP) is 3.78. The van der Waals surface area contributed by atoms with E-state index >= 15 is 0 Å². The van der Waals surface area contributed by atoms with Gasteiger partial charge in [0.05, 0.1) is 4.88 Å². The largest absolute Gasteiger partial charge is 0.368 e. The average Bonchev–Trinajstić information content (AvgIpc) is 3.38. The molecule has 4 heterocycles. The molecule has 1 aromatic carbocycles. The van der Waals surface area contributed by atoms with Gasteiger partial charge in [0.1, 0.15) is 11.2 Å². The number of piperazine rings is 1. The lowest BCUT2D eigenvalue weighted by atomic mass is 10.2. The molecule has 0 N–H and O–H groups in total. The van der Waals surface area contributed by atoms with Crippen LogP contribution in [0.4, 0.5) is 11.5 Å². The molecule has 0 spiro atoms. The highest BCUT2D eigenvalue weighted by Gasteiger charge is 2.21. The summed E-state index contributed by atoms with van der Waals surface area (Å²) < 4.78 is 1.95. The first-order valence-corrected chi connectivity index (χ1v) is 9.70. The topological polar surface area (TPSA) is 36.7 Å². The van der Waals surface area contributed by atoms with Crippen LogP contribution in [0.1, 0.15) is 0 Å². The highest BCUT2D eigenvalue weighted by Crippen LogP contribution is 2.28. The van der Waals surface area contributed by atoms with Gasteiger partial charge in [-0.2, -0.15) is 5.10 Å². The van der Waals surface area contributed by atoms with Crippen LogP contribution in [0.25, 0.3) is 16.1 Å². The summed E-state index contributed by atoms with van der Waals surface area (Å²) in [5.41, 5.74) is 3.38. The number of para-hydroxylation sites is 1. The molecule has 5 nitrogen and oxygen atoms in total. The molecule has 3 aromatic heterocycles. The van der Waals surface area contributed by atoms with Crippen LogP contribution in [-0.2, 0) is 0 Å². The van der Waals surface area contributed by atoms with Gasteiger partial charge in [-0.3, -0.25) is 0 Å². The molecule has 1 fully saturated rings. The van der Waals surface area contributed by atoms with Gasteiger partial charge < -0.3 is 9.80 Å². The molecular weight excluding hydrogens is 342 g/mol. The number of anilines is 2. The van der Waals surface area contributed by atoms with E-state index in [1.807, 2.05) is 16.9 Å². The van der Waals surface area contributed by atoms with E-state index in [1.165, 1.54) is 10.6 Å². The van der Waals surface area contributed by atoms with Crippen molar-refractivity contribution in [3.8, 4) is 10.6 Å². The Morgan fingerprint density at radius 1 is 0.885 bits per heavy atom. The Balaban J connectivity index is 1.41. The monoisotopic (exact) mass is 361 g/mol. The van der Waals surface area contributed by atoms with Crippen molar-refractivity contribution in [3.63, 3.8) is 0 Å². The predicted molar refractivity (Wildman–Crippen MR) is 107 cm³/mol. The van der Waals surface area contributed by atoms with Crippen molar-refractivity contribution in [1.82, 2.24) is 14.6 Å². The van der Waals surface area contributed by atoms with Crippen LogP contribution in [0.5, 0.6) is 0 Å². The maximum absolute atomic E-state index is 4.72. The molecule has 6 heteroatoms. The van der Waals surface area contributed by atoms with Crippen molar-refractivity contribution in [3.05, 3.63) is 66.3 Å². The first kappa shape index (κ1) is 15.4. The maximum atomic E-state index is 4.72. The summed E-state index contributed by atoms with van der Waals surface area (Å²) in [6, 6.07) is 16.9. The van der Waals surface area contributed by atoms with E-state index in [0.717, 1.165) is 43.2 Å². The Morgan fingerprint density at radius 3 is 2.46 bits per heavy atom. The fourth-order valence-corrected chi connectivity index (χ4v) is 4.19. The van der Waals surface area contributed by atoms with E-state index in [1.54, 1.807) is 11.3 Å². The molecule has 4 aromatic rings. The fourth-order valence-electron chi connectivity index (χ4n) is 3.51. The van der Waals surface area contributed by atoms with Gasteiger partial charge in [0.25, 0.3) is 0 Å². The second kappa shape index (κ2) is 6.46. The normalized spacial score (nSPS) is 14.9. The van der Waals surface area contributed by atoms with Crippen LogP contribution in [0.2, 0.25) is 0 Å². The lowest BCUT2D eigenvalue weighted by Crippen LogP contribution is -2.47. The van der Waals surface area contributed by atoms with Gasteiger partial charge >= 0.3 is 0 Å². The first-order chi connectivity index (χ1) is 12.9. The SMILES string of the molecule is c1ccc(N2CCN(c3nccn4nc(-c5cccs5)cc34)CC2)cc1. The van der Waals surface area contributed by atoms with Crippen molar-refractivity contribution >= 4 is 28.4 Å². The second-order valence-corrected chi connectivity index (χ2v) is 7.34. The molecule has 0 aliphatic carbocycles. The van der Waals surface area contributed by atoms with Crippen molar-refractivity contribution < 1.29 is 0 Å². The Hall–Kier alpha value is -2.86. The molecule has 1 aliphatic heterocycles. The first-order valence-electron chi connectivity index (χ1n) is 8.82. The highest BCUT2D eigenvalue weighted by molar-refractivity contribution is 7.13. The van der Waals surface area contributed by atoms with E-state index < -0.39 is 0 Å². The summed E-state index contributed by atoms with van der Waals surface area (Å²) in [5, 5.41) is 6.81. The number of rotatable bonds is 3. The molecule has 0 saturated carbocycles. The van der Waals surface area contributed by atoms with Crippen molar-refractivity contribution in [1.29, 1.82) is 0 Å². The van der Waals surface area contributed by atoms with E-state index in [-0.39, 0.29) is 0 Å². The lowest BCUT2D eigenvalue weighted by Gasteiger charge is -2.36. The van der Waals surface area contributed by atoms with Crippen molar-refractivity contribution in [2.75, 3.05) is 36.0 Å². The average molecular weight is 361 g/mol. The van der Waals surface area contributed by atoms with Crippen LogP contribution >= 0.6 is 11.3 Å². The number of hydrogen-bond acceptors (Lipinski definition) is 5. The summed E-state index contributed by atoms with van der Waals surface area (Å²) in [5.74, 6) is 1.02. The number of fused-ring (bicyclic) bond motifs is 1. The fraction of sp³-hybridized carbons (Fsp3) is 0.200. The minimum Gasteiger partial charge on any atom is -0.368 e. The zero-order chi connectivity index (χ0) is 17.3. The maximum Gasteiger partial charge on any atom is 0.154 e. The molecule has 0 bridgehead atoms. The van der Waals surface area contributed by atoms with E-state index in [4.69, 9.17) is 5.10 Å². The van der Waals surface area contributed by atoms with Crippen molar-refractivity contribution in [2.45, 2.75) is 0 Å². The second-order valence-electron chi connectivity index (χ2n) is 6.40. The van der Waals surface area contributed by atoms with Crippen LogP contribution < -0.4 is 9.80 Å². The number of aromatic nitrogens is 3. The van der Waals surface area contributed by atoms with Gasteiger partial charge in [0, 0.05) is 44.3 Å². The van der Waals surface area contributed by atoms with E-state index in [0.29, 0.717) is 0 Å². The molecule has 5 rings (SSSR count). The smallest absolute Gasteiger partial charge is 0.154 e. The summed E-state index contributed by atoms with van der Waals surface area (Å²) in [4.78, 5) is 10.7. The Kier molecular flexibility index (Phi) is 3.83. The van der Waals surface area contributed by atoms with Gasteiger partial charge in [-0.25, -0.2) is 9.50 Å².